The summed E-state index contributed by atoms with van der Waals surface area (Å²) in [5.41, 5.74) is 0.448. The van der Waals surface area contributed by atoms with Gasteiger partial charge in [0.1, 0.15) is 5.75 Å². The van der Waals surface area contributed by atoms with E-state index in [2.05, 4.69) is 4.90 Å². The first-order valence-electron chi connectivity index (χ1n) is 6.79. The van der Waals surface area contributed by atoms with E-state index >= 15 is 0 Å². The van der Waals surface area contributed by atoms with Crippen LogP contribution in [0.15, 0.2) is 24.3 Å². The third-order valence-electron chi connectivity index (χ3n) is 3.93. The van der Waals surface area contributed by atoms with Crippen LogP contribution >= 0.6 is 0 Å². The summed E-state index contributed by atoms with van der Waals surface area (Å²) < 4.78 is 0. The van der Waals surface area contributed by atoms with E-state index in [0.29, 0.717) is 13.1 Å². The van der Waals surface area contributed by atoms with E-state index in [-0.39, 0.29) is 5.75 Å². The fourth-order valence-electron chi connectivity index (χ4n) is 2.97. The standard InChI is InChI=1S/C15H21NO3/c1-2-6-15(14(18)19)7-8-16(11-15)10-12-4-3-5-13(17)9-12/h3-5,9,17H,2,6-8,10-11H2,1H3,(H,18,19). The summed E-state index contributed by atoms with van der Waals surface area (Å²) in [7, 11) is 0. The Labute approximate surface area is 113 Å². The van der Waals surface area contributed by atoms with Crippen molar-refractivity contribution in [3.05, 3.63) is 29.8 Å². The van der Waals surface area contributed by atoms with Crippen molar-refractivity contribution in [3.63, 3.8) is 0 Å². The number of likely N-dealkylation sites (tertiary alicyclic amines) is 1. The molecule has 1 unspecified atom stereocenters. The van der Waals surface area contributed by atoms with Crippen LogP contribution in [-0.2, 0) is 11.3 Å². The van der Waals surface area contributed by atoms with Crippen molar-refractivity contribution in [2.24, 2.45) is 5.41 Å². The van der Waals surface area contributed by atoms with Crippen LogP contribution in [0.2, 0.25) is 0 Å². The predicted molar refractivity (Wildman–Crippen MR) is 73.0 cm³/mol. The lowest BCUT2D eigenvalue weighted by Crippen LogP contribution is -2.34. The van der Waals surface area contributed by atoms with E-state index in [0.717, 1.165) is 31.4 Å². The third kappa shape index (κ3) is 3.07. The molecule has 1 aromatic rings. The summed E-state index contributed by atoms with van der Waals surface area (Å²) in [6.45, 7) is 4.14. The van der Waals surface area contributed by atoms with Gasteiger partial charge in [0.15, 0.2) is 0 Å². The maximum atomic E-state index is 11.5. The zero-order valence-corrected chi connectivity index (χ0v) is 11.3. The first-order chi connectivity index (χ1) is 9.05. The smallest absolute Gasteiger partial charge is 0.310 e. The van der Waals surface area contributed by atoms with E-state index in [1.807, 2.05) is 19.1 Å². The molecule has 1 aliphatic heterocycles. The van der Waals surface area contributed by atoms with Crippen molar-refractivity contribution in [1.29, 1.82) is 0 Å². The second-order valence-electron chi connectivity index (χ2n) is 5.47. The molecule has 4 nitrogen and oxygen atoms in total. The Hall–Kier alpha value is -1.55. The number of phenols is 1. The average molecular weight is 263 g/mol. The topological polar surface area (TPSA) is 60.8 Å². The predicted octanol–water partition coefficient (Wildman–Crippen LogP) is 2.47. The lowest BCUT2D eigenvalue weighted by Gasteiger charge is -2.24. The molecule has 0 spiro atoms. The summed E-state index contributed by atoms with van der Waals surface area (Å²) in [6, 6.07) is 7.16. The molecule has 19 heavy (non-hydrogen) atoms. The highest BCUT2D eigenvalue weighted by molar-refractivity contribution is 5.75. The number of aromatic hydroxyl groups is 1. The largest absolute Gasteiger partial charge is 0.508 e. The Balaban J connectivity index is 2.03. The third-order valence-corrected chi connectivity index (χ3v) is 3.93. The molecule has 2 rings (SSSR count). The Bertz CT molecular complexity index is 460. The molecule has 104 valence electrons. The van der Waals surface area contributed by atoms with Crippen LogP contribution in [0.3, 0.4) is 0 Å². The molecule has 0 radical (unpaired) electrons. The number of rotatable bonds is 5. The molecule has 0 amide bonds. The maximum absolute atomic E-state index is 11.5. The molecular weight excluding hydrogens is 242 g/mol. The van der Waals surface area contributed by atoms with E-state index in [9.17, 15) is 15.0 Å². The number of carboxylic acids is 1. The molecule has 2 N–H and O–H groups in total. The number of hydrogen-bond acceptors (Lipinski definition) is 3. The summed E-state index contributed by atoms with van der Waals surface area (Å²) in [4.78, 5) is 13.7. The van der Waals surface area contributed by atoms with E-state index in [1.165, 1.54) is 0 Å². The second-order valence-corrected chi connectivity index (χ2v) is 5.47. The molecule has 1 fully saturated rings. The number of hydrogen-bond donors (Lipinski definition) is 2. The van der Waals surface area contributed by atoms with E-state index < -0.39 is 11.4 Å². The van der Waals surface area contributed by atoms with Gasteiger partial charge in [-0.25, -0.2) is 0 Å². The van der Waals surface area contributed by atoms with Crippen molar-refractivity contribution in [3.8, 4) is 5.75 Å². The van der Waals surface area contributed by atoms with Gasteiger partial charge >= 0.3 is 5.97 Å². The lowest BCUT2D eigenvalue weighted by molar-refractivity contribution is -0.148. The Kier molecular flexibility index (Phi) is 4.10. The van der Waals surface area contributed by atoms with Gasteiger partial charge in [0, 0.05) is 13.1 Å². The van der Waals surface area contributed by atoms with Gasteiger partial charge in [-0.05, 0) is 37.1 Å². The molecule has 4 heteroatoms. The Morgan fingerprint density at radius 1 is 1.47 bits per heavy atom. The summed E-state index contributed by atoms with van der Waals surface area (Å²) in [5, 5.41) is 18.9. The molecule has 1 atom stereocenters. The SMILES string of the molecule is CCCC1(C(=O)O)CCN(Cc2cccc(O)c2)C1. The molecule has 0 saturated carbocycles. The van der Waals surface area contributed by atoms with Crippen LogP contribution in [0, 0.1) is 5.41 Å². The molecule has 1 saturated heterocycles. The number of carboxylic acid groups (broad SMARTS) is 1. The van der Waals surface area contributed by atoms with Gasteiger partial charge < -0.3 is 10.2 Å². The average Bonchev–Trinajstić information content (AvgIpc) is 2.74. The van der Waals surface area contributed by atoms with Crippen LogP contribution in [0.4, 0.5) is 0 Å². The minimum Gasteiger partial charge on any atom is -0.508 e. The van der Waals surface area contributed by atoms with Crippen LogP contribution in [0.5, 0.6) is 5.75 Å². The van der Waals surface area contributed by atoms with Crippen LogP contribution in [0.25, 0.3) is 0 Å². The van der Waals surface area contributed by atoms with Gasteiger partial charge in [0.2, 0.25) is 0 Å². The molecule has 0 aromatic heterocycles. The van der Waals surface area contributed by atoms with Crippen molar-refractivity contribution in [2.45, 2.75) is 32.7 Å². The van der Waals surface area contributed by atoms with E-state index in [1.54, 1.807) is 12.1 Å². The van der Waals surface area contributed by atoms with Crippen molar-refractivity contribution in [1.82, 2.24) is 4.90 Å². The highest BCUT2D eigenvalue weighted by atomic mass is 16.4. The number of nitrogens with zero attached hydrogens (tertiary/aromatic N) is 1. The van der Waals surface area contributed by atoms with E-state index in [4.69, 9.17) is 0 Å². The fourth-order valence-corrected chi connectivity index (χ4v) is 2.97. The van der Waals surface area contributed by atoms with Crippen LogP contribution in [-0.4, -0.2) is 34.2 Å². The molecular formula is C15H21NO3. The second kappa shape index (κ2) is 5.61. The molecule has 1 aromatic carbocycles. The minimum atomic E-state index is -0.673. The van der Waals surface area contributed by atoms with Crippen molar-refractivity contribution >= 4 is 5.97 Å². The molecule has 0 bridgehead atoms. The zero-order chi connectivity index (χ0) is 13.9. The van der Waals surface area contributed by atoms with Crippen LogP contribution < -0.4 is 0 Å². The molecule has 1 heterocycles. The van der Waals surface area contributed by atoms with Crippen LogP contribution in [0.1, 0.15) is 31.7 Å². The van der Waals surface area contributed by atoms with Gasteiger partial charge in [-0.1, -0.05) is 25.5 Å². The first kappa shape index (κ1) is 13.9. The lowest BCUT2D eigenvalue weighted by atomic mass is 9.83. The number of aliphatic carboxylic acids is 1. The fraction of sp³-hybridized carbons (Fsp3) is 0.533. The Morgan fingerprint density at radius 2 is 2.26 bits per heavy atom. The molecule has 0 aliphatic carbocycles. The maximum Gasteiger partial charge on any atom is 0.310 e. The summed E-state index contributed by atoms with van der Waals surface area (Å²) in [5.74, 6) is -0.414. The number of benzene rings is 1. The summed E-state index contributed by atoms with van der Waals surface area (Å²) >= 11 is 0. The van der Waals surface area contributed by atoms with Gasteiger partial charge in [0.25, 0.3) is 0 Å². The highest BCUT2D eigenvalue weighted by Crippen LogP contribution is 2.36. The minimum absolute atomic E-state index is 0.259. The van der Waals surface area contributed by atoms with Gasteiger partial charge in [-0.2, -0.15) is 0 Å². The van der Waals surface area contributed by atoms with Gasteiger partial charge in [-0.3, -0.25) is 9.69 Å². The first-order valence-corrected chi connectivity index (χ1v) is 6.79. The normalized spacial score (nSPS) is 23.6. The number of carbonyl (C=O) groups is 1. The highest BCUT2D eigenvalue weighted by Gasteiger charge is 2.43. The number of phenolic OH excluding ortho intramolecular Hbond substituents is 1. The monoisotopic (exact) mass is 263 g/mol. The van der Waals surface area contributed by atoms with Gasteiger partial charge in [-0.15, -0.1) is 0 Å². The quantitative estimate of drug-likeness (QED) is 0.856. The summed E-state index contributed by atoms with van der Waals surface area (Å²) in [6.07, 6.45) is 2.35. The molecule has 1 aliphatic rings. The Morgan fingerprint density at radius 3 is 2.89 bits per heavy atom. The van der Waals surface area contributed by atoms with Crippen molar-refractivity contribution < 1.29 is 15.0 Å². The van der Waals surface area contributed by atoms with Crippen molar-refractivity contribution in [2.75, 3.05) is 13.1 Å². The zero-order valence-electron chi connectivity index (χ0n) is 11.3. The van der Waals surface area contributed by atoms with Gasteiger partial charge in [0.05, 0.1) is 5.41 Å².